The molecule has 1 aliphatic rings. The molecule has 18 heavy (non-hydrogen) atoms. The Morgan fingerprint density at radius 2 is 2.22 bits per heavy atom. The summed E-state index contributed by atoms with van der Waals surface area (Å²) in [6.07, 6.45) is 10.3. The standard InChI is InChI=1S/C14H21N3O/c1-2-8-17(9-3-1)10-5-11-18-16-13-14-6-4-7-15-12-14/h4,6-7,12-13H,1-3,5,8-11H2. The van der Waals surface area contributed by atoms with E-state index >= 15 is 0 Å². The van der Waals surface area contributed by atoms with Crippen molar-refractivity contribution in [2.24, 2.45) is 5.16 Å². The number of likely N-dealkylation sites (tertiary alicyclic amines) is 1. The van der Waals surface area contributed by atoms with Gasteiger partial charge in [0, 0.05) is 24.5 Å². The number of hydrogen-bond acceptors (Lipinski definition) is 4. The SMILES string of the molecule is C(=NOCCCN1CCCCC1)c1cccnc1. The first-order valence-electron chi connectivity index (χ1n) is 6.73. The van der Waals surface area contributed by atoms with E-state index in [-0.39, 0.29) is 0 Å². The molecule has 4 nitrogen and oxygen atoms in total. The average molecular weight is 247 g/mol. The van der Waals surface area contributed by atoms with Crippen molar-refractivity contribution in [2.45, 2.75) is 25.7 Å². The van der Waals surface area contributed by atoms with Crippen molar-refractivity contribution in [1.29, 1.82) is 0 Å². The van der Waals surface area contributed by atoms with Crippen LogP contribution in [0.25, 0.3) is 0 Å². The van der Waals surface area contributed by atoms with Crippen LogP contribution in [0.15, 0.2) is 29.7 Å². The molecule has 0 amide bonds. The van der Waals surface area contributed by atoms with Gasteiger partial charge < -0.3 is 9.74 Å². The highest BCUT2D eigenvalue weighted by Crippen LogP contribution is 2.08. The van der Waals surface area contributed by atoms with Crippen molar-refractivity contribution in [3.05, 3.63) is 30.1 Å². The number of pyridine rings is 1. The zero-order chi connectivity index (χ0) is 12.5. The summed E-state index contributed by atoms with van der Waals surface area (Å²) in [6, 6.07) is 3.84. The predicted octanol–water partition coefficient (Wildman–Crippen LogP) is 2.31. The second kappa shape index (κ2) is 7.82. The Kier molecular flexibility index (Phi) is 5.66. The molecule has 4 heteroatoms. The van der Waals surface area contributed by atoms with Crippen LogP contribution in [0.4, 0.5) is 0 Å². The molecule has 0 radical (unpaired) electrons. The average Bonchev–Trinajstić information content (AvgIpc) is 2.45. The Hall–Kier alpha value is -1.42. The molecule has 1 aliphatic heterocycles. The molecule has 98 valence electrons. The number of oxime groups is 1. The molecule has 0 bridgehead atoms. The van der Waals surface area contributed by atoms with Crippen molar-refractivity contribution in [3.63, 3.8) is 0 Å². The third-order valence-corrected chi connectivity index (χ3v) is 3.12. The van der Waals surface area contributed by atoms with Crippen LogP contribution in [0.3, 0.4) is 0 Å². The fourth-order valence-corrected chi connectivity index (χ4v) is 2.14. The quantitative estimate of drug-likeness (QED) is 0.440. The Balaban J connectivity index is 1.54. The molecule has 0 aromatic carbocycles. The second-order valence-electron chi connectivity index (χ2n) is 4.61. The molecular weight excluding hydrogens is 226 g/mol. The predicted molar refractivity (Wildman–Crippen MR) is 72.7 cm³/mol. The smallest absolute Gasteiger partial charge is 0.118 e. The molecule has 2 heterocycles. The van der Waals surface area contributed by atoms with E-state index in [2.05, 4.69) is 15.0 Å². The largest absolute Gasteiger partial charge is 0.396 e. The van der Waals surface area contributed by atoms with Gasteiger partial charge in [0.2, 0.25) is 0 Å². The monoisotopic (exact) mass is 247 g/mol. The lowest BCUT2D eigenvalue weighted by Crippen LogP contribution is -2.31. The summed E-state index contributed by atoms with van der Waals surface area (Å²) < 4.78 is 0. The van der Waals surface area contributed by atoms with Gasteiger partial charge in [-0.1, -0.05) is 17.6 Å². The normalized spacial score (nSPS) is 17.1. The summed E-state index contributed by atoms with van der Waals surface area (Å²) in [5, 5.41) is 3.94. The molecule has 0 unspecified atom stereocenters. The lowest BCUT2D eigenvalue weighted by atomic mass is 10.1. The van der Waals surface area contributed by atoms with Crippen LogP contribution >= 0.6 is 0 Å². The number of hydrogen-bond donors (Lipinski definition) is 0. The van der Waals surface area contributed by atoms with Crippen molar-refractivity contribution in [3.8, 4) is 0 Å². The summed E-state index contributed by atoms with van der Waals surface area (Å²) in [5.41, 5.74) is 0.966. The fourth-order valence-electron chi connectivity index (χ4n) is 2.14. The van der Waals surface area contributed by atoms with E-state index in [9.17, 15) is 0 Å². The lowest BCUT2D eigenvalue weighted by Gasteiger charge is -2.25. The van der Waals surface area contributed by atoms with Crippen LogP contribution < -0.4 is 0 Å². The van der Waals surface area contributed by atoms with Crippen LogP contribution in [-0.2, 0) is 4.84 Å². The van der Waals surface area contributed by atoms with Crippen LogP contribution in [0.5, 0.6) is 0 Å². The zero-order valence-electron chi connectivity index (χ0n) is 10.8. The minimum absolute atomic E-state index is 0.688. The minimum atomic E-state index is 0.688. The first-order chi connectivity index (χ1) is 8.95. The third-order valence-electron chi connectivity index (χ3n) is 3.12. The van der Waals surface area contributed by atoms with Crippen LogP contribution in [-0.4, -0.2) is 42.3 Å². The highest BCUT2D eigenvalue weighted by atomic mass is 16.6. The molecule has 0 atom stereocenters. The van der Waals surface area contributed by atoms with Crippen molar-refractivity contribution in [1.82, 2.24) is 9.88 Å². The molecule has 1 fully saturated rings. The molecule has 1 aromatic heterocycles. The zero-order valence-corrected chi connectivity index (χ0v) is 10.8. The minimum Gasteiger partial charge on any atom is -0.396 e. The highest BCUT2D eigenvalue weighted by molar-refractivity contribution is 5.78. The van der Waals surface area contributed by atoms with Crippen LogP contribution in [0, 0.1) is 0 Å². The van der Waals surface area contributed by atoms with Gasteiger partial charge in [0.25, 0.3) is 0 Å². The Bertz CT molecular complexity index is 347. The van der Waals surface area contributed by atoms with Crippen LogP contribution in [0.1, 0.15) is 31.2 Å². The van der Waals surface area contributed by atoms with E-state index in [0.717, 1.165) is 18.5 Å². The molecule has 1 saturated heterocycles. The van der Waals surface area contributed by atoms with E-state index in [0.29, 0.717) is 6.61 Å². The van der Waals surface area contributed by atoms with E-state index in [1.54, 1.807) is 18.6 Å². The van der Waals surface area contributed by atoms with Crippen molar-refractivity contribution >= 4 is 6.21 Å². The maximum Gasteiger partial charge on any atom is 0.118 e. The third kappa shape index (κ3) is 4.84. The molecule has 0 N–H and O–H groups in total. The fraction of sp³-hybridized carbons (Fsp3) is 0.571. The summed E-state index contributed by atoms with van der Waals surface area (Å²) in [5.74, 6) is 0. The Morgan fingerprint density at radius 1 is 1.33 bits per heavy atom. The maximum atomic E-state index is 5.24. The van der Waals surface area contributed by atoms with Gasteiger partial charge in [-0.3, -0.25) is 4.98 Å². The molecule has 1 aromatic rings. The number of rotatable bonds is 6. The summed E-state index contributed by atoms with van der Waals surface area (Å²) in [7, 11) is 0. The highest BCUT2D eigenvalue weighted by Gasteiger charge is 2.08. The van der Waals surface area contributed by atoms with Crippen molar-refractivity contribution < 1.29 is 4.84 Å². The number of piperidine rings is 1. The number of aromatic nitrogens is 1. The van der Waals surface area contributed by atoms with Gasteiger partial charge in [-0.2, -0.15) is 0 Å². The van der Waals surface area contributed by atoms with E-state index in [1.165, 1.54) is 32.4 Å². The van der Waals surface area contributed by atoms with E-state index < -0.39 is 0 Å². The molecule has 0 saturated carbocycles. The van der Waals surface area contributed by atoms with E-state index in [1.807, 2.05) is 12.1 Å². The first-order valence-corrected chi connectivity index (χ1v) is 6.73. The van der Waals surface area contributed by atoms with Gasteiger partial charge in [-0.25, -0.2) is 0 Å². The first kappa shape index (κ1) is 13.0. The van der Waals surface area contributed by atoms with Gasteiger partial charge in [0.05, 0.1) is 6.21 Å². The van der Waals surface area contributed by atoms with Gasteiger partial charge in [0.15, 0.2) is 0 Å². The van der Waals surface area contributed by atoms with E-state index in [4.69, 9.17) is 4.84 Å². The van der Waals surface area contributed by atoms with Crippen molar-refractivity contribution in [2.75, 3.05) is 26.2 Å². The second-order valence-corrected chi connectivity index (χ2v) is 4.61. The Labute approximate surface area is 109 Å². The topological polar surface area (TPSA) is 37.7 Å². The lowest BCUT2D eigenvalue weighted by molar-refractivity contribution is 0.125. The molecule has 0 aliphatic carbocycles. The molecule has 0 spiro atoms. The van der Waals surface area contributed by atoms with Crippen LogP contribution in [0.2, 0.25) is 0 Å². The number of nitrogens with zero attached hydrogens (tertiary/aromatic N) is 3. The van der Waals surface area contributed by atoms with Gasteiger partial charge >= 0.3 is 0 Å². The summed E-state index contributed by atoms with van der Waals surface area (Å²) in [6.45, 7) is 4.31. The van der Waals surface area contributed by atoms with Gasteiger partial charge in [0.1, 0.15) is 6.61 Å². The summed E-state index contributed by atoms with van der Waals surface area (Å²) in [4.78, 5) is 11.8. The van der Waals surface area contributed by atoms with Gasteiger partial charge in [-0.05, 0) is 38.4 Å². The molecule has 2 rings (SSSR count). The maximum absolute atomic E-state index is 5.24. The summed E-state index contributed by atoms with van der Waals surface area (Å²) >= 11 is 0. The van der Waals surface area contributed by atoms with Gasteiger partial charge in [-0.15, -0.1) is 0 Å². The molecular formula is C14H21N3O. The Morgan fingerprint density at radius 3 is 3.00 bits per heavy atom.